The van der Waals surface area contributed by atoms with Gasteiger partial charge in [-0.25, -0.2) is 9.18 Å². The fourth-order valence-corrected chi connectivity index (χ4v) is 4.62. The Balaban J connectivity index is 1.46. The van der Waals surface area contributed by atoms with Gasteiger partial charge < -0.3 is 20.1 Å². The zero-order chi connectivity index (χ0) is 27.7. The van der Waals surface area contributed by atoms with Crippen LogP contribution in [0, 0.1) is 5.82 Å². The zero-order valence-corrected chi connectivity index (χ0v) is 21.4. The summed E-state index contributed by atoms with van der Waals surface area (Å²) in [5, 5.41) is 16.5. The number of anilines is 1. The molecule has 2 N–H and O–H groups in total. The highest BCUT2D eigenvalue weighted by Gasteiger charge is 2.31. The van der Waals surface area contributed by atoms with Gasteiger partial charge in [0, 0.05) is 29.7 Å². The molecule has 1 aliphatic rings. The van der Waals surface area contributed by atoms with Crippen molar-refractivity contribution < 1.29 is 28.6 Å². The summed E-state index contributed by atoms with van der Waals surface area (Å²) >= 11 is 6.20. The summed E-state index contributed by atoms with van der Waals surface area (Å²) in [6, 6.07) is 17.3. The van der Waals surface area contributed by atoms with E-state index >= 15 is 0 Å². The van der Waals surface area contributed by atoms with Gasteiger partial charge in [0.15, 0.2) is 5.69 Å². The Bertz CT molecular complexity index is 1610. The number of aromatic nitrogens is 2. The van der Waals surface area contributed by atoms with Crippen LogP contribution in [0.2, 0.25) is 5.02 Å². The molecule has 5 rings (SSSR count). The molecular formula is C28H22ClFN4O5. The topological polar surface area (TPSA) is 114 Å². The lowest BCUT2D eigenvalue weighted by Crippen LogP contribution is -2.38. The molecule has 0 radical (unpaired) electrons. The number of benzene rings is 3. The standard InChI is InChI=1S/C28H22ClFN4O5/c1-33-26-19-12-18(29)8-10-23(19)39-15-20(26)25(32-33)27(36)34(13-16-5-3-2-4-6-16)14-24(35)31-22-11-17(28(37)38)7-9-21(22)30/h2-12H,13-15H2,1H3,(H,31,35)(H,37,38). The largest absolute Gasteiger partial charge is 0.488 e. The average molecular weight is 549 g/mol. The highest BCUT2D eigenvalue weighted by molar-refractivity contribution is 6.31. The number of nitrogens with zero attached hydrogens (tertiary/aromatic N) is 3. The van der Waals surface area contributed by atoms with Crippen molar-refractivity contribution in [3.63, 3.8) is 0 Å². The maximum atomic E-state index is 14.3. The Hall–Kier alpha value is -4.70. The van der Waals surface area contributed by atoms with Crippen LogP contribution in [0.5, 0.6) is 5.75 Å². The number of hydrogen-bond donors (Lipinski definition) is 2. The van der Waals surface area contributed by atoms with Crippen LogP contribution in [-0.4, -0.2) is 44.1 Å². The summed E-state index contributed by atoms with van der Waals surface area (Å²) < 4.78 is 21.8. The van der Waals surface area contributed by atoms with Crippen LogP contribution in [0.3, 0.4) is 0 Å². The summed E-state index contributed by atoms with van der Waals surface area (Å²) in [6.45, 7) is -0.282. The number of nitrogens with one attached hydrogen (secondary N) is 1. The lowest BCUT2D eigenvalue weighted by molar-refractivity contribution is -0.117. The number of rotatable bonds is 7. The van der Waals surface area contributed by atoms with E-state index < -0.39 is 30.1 Å². The summed E-state index contributed by atoms with van der Waals surface area (Å²) in [5.74, 6) is -2.70. The molecule has 0 saturated carbocycles. The average Bonchev–Trinajstić information content (AvgIpc) is 3.26. The minimum absolute atomic E-state index is 0.0688. The predicted octanol–water partition coefficient (Wildman–Crippen LogP) is 4.75. The van der Waals surface area contributed by atoms with Crippen LogP contribution in [0.25, 0.3) is 11.3 Å². The van der Waals surface area contributed by atoms with Crippen LogP contribution in [0.15, 0.2) is 66.7 Å². The SMILES string of the molecule is Cn1nc(C(=O)N(CC(=O)Nc2cc(C(=O)O)ccc2F)Cc2ccccc2)c2c1-c1cc(Cl)ccc1OC2. The van der Waals surface area contributed by atoms with Gasteiger partial charge >= 0.3 is 5.97 Å². The third kappa shape index (κ3) is 5.32. The van der Waals surface area contributed by atoms with Gasteiger partial charge in [-0.2, -0.15) is 5.10 Å². The third-order valence-electron chi connectivity index (χ3n) is 6.24. The highest BCUT2D eigenvalue weighted by atomic mass is 35.5. The maximum Gasteiger partial charge on any atom is 0.335 e. The van der Waals surface area contributed by atoms with E-state index in [1.807, 2.05) is 30.3 Å². The second-order valence-electron chi connectivity index (χ2n) is 8.92. The molecule has 0 saturated heterocycles. The first kappa shape index (κ1) is 25.9. The first-order valence-electron chi connectivity index (χ1n) is 11.9. The van der Waals surface area contributed by atoms with Gasteiger partial charge in [-0.15, -0.1) is 0 Å². The molecule has 2 heterocycles. The number of carbonyl (C=O) groups is 3. The fraction of sp³-hybridized carbons (Fsp3) is 0.143. The number of aromatic carboxylic acids is 1. The van der Waals surface area contributed by atoms with Crippen molar-refractivity contribution in [2.24, 2.45) is 7.05 Å². The molecule has 0 bridgehead atoms. The molecule has 1 aliphatic heterocycles. The van der Waals surface area contributed by atoms with E-state index in [1.54, 1.807) is 29.9 Å². The van der Waals surface area contributed by atoms with Crippen molar-refractivity contribution in [1.82, 2.24) is 14.7 Å². The van der Waals surface area contributed by atoms with E-state index in [4.69, 9.17) is 16.3 Å². The first-order chi connectivity index (χ1) is 18.7. The van der Waals surface area contributed by atoms with E-state index in [0.717, 1.165) is 23.8 Å². The Kier molecular flexibility index (Phi) is 7.03. The molecule has 2 amide bonds. The summed E-state index contributed by atoms with van der Waals surface area (Å²) in [7, 11) is 1.71. The predicted molar refractivity (Wildman–Crippen MR) is 141 cm³/mol. The van der Waals surface area contributed by atoms with E-state index in [1.165, 1.54) is 4.90 Å². The van der Waals surface area contributed by atoms with Crippen LogP contribution >= 0.6 is 11.6 Å². The normalized spacial score (nSPS) is 11.7. The number of carboxylic acid groups (broad SMARTS) is 1. The molecule has 1 aromatic heterocycles. The maximum absolute atomic E-state index is 14.3. The molecule has 39 heavy (non-hydrogen) atoms. The van der Waals surface area contributed by atoms with Crippen molar-refractivity contribution in [2.75, 3.05) is 11.9 Å². The van der Waals surface area contributed by atoms with Crippen molar-refractivity contribution in [2.45, 2.75) is 13.2 Å². The number of aryl methyl sites for hydroxylation is 1. The molecule has 0 fully saturated rings. The zero-order valence-electron chi connectivity index (χ0n) is 20.6. The van der Waals surface area contributed by atoms with E-state index in [-0.39, 0.29) is 30.1 Å². The number of hydrogen-bond acceptors (Lipinski definition) is 5. The monoisotopic (exact) mass is 548 g/mol. The van der Waals surface area contributed by atoms with Crippen molar-refractivity contribution in [3.8, 4) is 17.0 Å². The lowest BCUT2D eigenvalue weighted by Gasteiger charge is -2.23. The number of halogens is 2. The Labute approximate surface area is 227 Å². The molecule has 0 atom stereocenters. The molecule has 0 unspecified atom stereocenters. The van der Waals surface area contributed by atoms with Gasteiger partial charge in [-0.3, -0.25) is 14.3 Å². The first-order valence-corrected chi connectivity index (χ1v) is 12.2. The molecular weight excluding hydrogens is 527 g/mol. The minimum atomic E-state index is -1.27. The smallest absolute Gasteiger partial charge is 0.335 e. The number of fused-ring (bicyclic) bond motifs is 3. The second kappa shape index (κ2) is 10.6. The van der Waals surface area contributed by atoms with Crippen molar-refractivity contribution >= 4 is 35.1 Å². The summed E-state index contributed by atoms with van der Waals surface area (Å²) in [5.41, 5.74) is 2.30. The summed E-state index contributed by atoms with van der Waals surface area (Å²) in [4.78, 5) is 39.4. The molecule has 0 aliphatic carbocycles. The number of amides is 2. The van der Waals surface area contributed by atoms with Gasteiger partial charge in [0.1, 0.15) is 24.7 Å². The van der Waals surface area contributed by atoms with Crippen LogP contribution in [0.4, 0.5) is 10.1 Å². The fourth-order valence-electron chi connectivity index (χ4n) is 4.45. The Morgan fingerprint density at radius 3 is 2.64 bits per heavy atom. The highest BCUT2D eigenvalue weighted by Crippen LogP contribution is 2.40. The van der Waals surface area contributed by atoms with Crippen molar-refractivity contribution in [1.29, 1.82) is 0 Å². The van der Waals surface area contributed by atoms with Gasteiger partial charge in [-0.05, 0) is 42.0 Å². The lowest BCUT2D eigenvalue weighted by atomic mass is 10.0. The van der Waals surface area contributed by atoms with Crippen LogP contribution < -0.4 is 10.1 Å². The number of carbonyl (C=O) groups excluding carboxylic acids is 2. The summed E-state index contributed by atoms with van der Waals surface area (Å²) in [6.07, 6.45) is 0. The Morgan fingerprint density at radius 2 is 1.90 bits per heavy atom. The van der Waals surface area contributed by atoms with Gasteiger partial charge in [0.25, 0.3) is 5.91 Å². The van der Waals surface area contributed by atoms with E-state index in [9.17, 15) is 23.9 Å². The molecule has 198 valence electrons. The molecule has 4 aromatic rings. The molecule has 0 spiro atoms. The minimum Gasteiger partial charge on any atom is -0.488 e. The van der Waals surface area contributed by atoms with E-state index in [0.29, 0.717) is 27.6 Å². The molecule has 9 nitrogen and oxygen atoms in total. The second-order valence-corrected chi connectivity index (χ2v) is 9.36. The van der Waals surface area contributed by atoms with Gasteiger partial charge in [0.05, 0.1) is 16.9 Å². The quantitative estimate of drug-likeness (QED) is 0.344. The van der Waals surface area contributed by atoms with Gasteiger partial charge in [-0.1, -0.05) is 41.9 Å². The van der Waals surface area contributed by atoms with Crippen molar-refractivity contribution in [3.05, 3.63) is 100.0 Å². The van der Waals surface area contributed by atoms with Crippen LogP contribution in [0.1, 0.15) is 32.0 Å². The Morgan fingerprint density at radius 1 is 1.13 bits per heavy atom. The molecule has 11 heteroatoms. The van der Waals surface area contributed by atoms with Gasteiger partial charge in [0.2, 0.25) is 5.91 Å². The third-order valence-corrected chi connectivity index (χ3v) is 6.48. The number of ether oxygens (including phenoxy) is 1. The van der Waals surface area contributed by atoms with E-state index in [2.05, 4.69) is 10.4 Å². The van der Waals surface area contributed by atoms with Crippen LogP contribution in [-0.2, 0) is 25.0 Å². The number of carboxylic acids is 1. The molecule has 3 aromatic carbocycles.